The number of carbonyl (C=O) groups is 5. The average Bonchev–Trinajstić information content (AvgIpc) is 3.97. The maximum absolute atomic E-state index is 15.2. The van der Waals surface area contributed by atoms with E-state index in [1.54, 1.807) is 7.11 Å². The molecule has 0 amide bonds. The number of rotatable bonds is 10. The zero-order chi connectivity index (χ0) is 48.5. The molecule has 6 aliphatic rings. The van der Waals surface area contributed by atoms with Crippen molar-refractivity contribution in [3.05, 3.63) is 70.4 Å². The van der Waals surface area contributed by atoms with Gasteiger partial charge in [-0.15, -0.1) is 0 Å². The second-order valence-corrected chi connectivity index (χ2v) is 19.1. The van der Waals surface area contributed by atoms with E-state index in [-0.39, 0.29) is 17.9 Å². The van der Waals surface area contributed by atoms with Gasteiger partial charge in [0.05, 0.1) is 27.4 Å². The van der Waals surface area contributed by atoms with Crippen molar-refractivity contribution in [3.63, 3.8) is 0 Å². The normalized spacial score (nSPS) is 32.3. The molecule has 6 N–H and O–H groups in total. The van der Waals surface area contributed by atoms with Gasteiger partial charge in [0.1, 0.15) is 11.2 Å². The molecule has 1 saturated carbocycles. The van der Waals surface area contributed by atoms with Crippen molar-refractivity contribution in [1.82, 2.24) is 14.8 Å². The van der Waals surface area contributed by atoms with Crippen LogP contribution in [-0.4, -0.2) is 161 Å². The fourth-order valence-electron chi connectivity index (χ4n) is 13.6. The van der Waals surface area contributed by atoms with Crippen LogP contribution < -0.4 is 9.64 Å². The van der Waals surface area contributed by atoms with Crippen LogP contribution in [0.2, 0.25) is 0 Å². The summed E-state index contributed by atoms with van der Waals surface area (Å²) in [6.07, 6.45) is 0.737. The van der Waals surface area contributed by atoms with Crippen LogP contribution in [0.15, 0.2) is 48.0 Å². The highest BCUT2D eigenvalue weighted by molar-refractivity contribution is 5.95. The van der Waals surface area contributed by atoms with E-state index in [1.165, 1.54) is 26.7 Å². The molecule has 3 fully saturated rings. The first-order valence-electron chi connectivity index (χ1n) is 23.0. The van der Waals surface area contributed by atoms with Gasteiger partial charge in [0.25, 0.3) is 0 Å². The number of aliphatic carboxylic acids is 2. The number of hydrogen-bond donors (Lipinski definition) is 6. The molecule has 3 unspecified atom stereocenters. The lowest BCUT2D eigenvalue weighted by Crippen LogP contribution is -2.82. The molecule has 67 heavy (non-hydrogen) atoms. The highest BCUT2D eigenvalue weighted by Crippen LogP contribution is 2.69. The molecule has 3 aromatic rings. The maximum Gasteiger partial charge on any atom is 0.344 e. The standard InChI is InChI=1S/C45H56N4O8.C4H6O6/c1-8-27-19-28-22-44(40(51)55-6,36-30(25-48(23-27)24-28)29-13-10-11-14-33(29)46-36)32-20-31-34(21-35(32)54-5)47(4)38-43(31)16-18-49-17-12-15-42(9-2,37(43)49)39(57-26(3)50)45(38,53)41(52)56-7;5-1(3(7)8)2(6)4(9)10/h10-11,13-14,19-21,28,37-39,46,53H,8-9,12,15-18,22-25H2,1-7H3;1-2,5-6H,(H,7,8)(H,9,10)/t28?,37-,38+,39+,42+,43?,44-,45-;1-,2-/m01/s1. The number of methoxy groups -OCH3 is 3. The predicted octanol–water partition coefficient (Wildman–Crippen LogP) is 2.86. The second kappa shape index (κ2) is 17.5. The van der Waals surface area contributed by atoms with E-state index >= 15 is 4.79 Å². The number of likely N-dealkylation sites (N-methyl/N-ethyl adjacent to an activating group) is 1. The van der Waals surface area contributed by atoms with Crippen LogP contribution in [0.5, 0.6) is 5.75 Å². The number of nitrogens with zero attached hydrogens (tertiary/aromatic N) is 3. The number of anilines is 1. The molecule has 6 heterocycles. The minimum Gasteiger partial charge on any atom is -0.496 e. The van der Waals surface area contributed by atoms with Crippen LogP contribution in [0.25, 0.3) is 10.9 Å². The van der Waals surface area contributed by atoms with E-state index in [1.807, 2.05) is 30.1 Å². The first-order valence-corrected chi connectivity index (χ1v) is 23.0. The molecule has 2 saturated heterocycles. The number of benzene rings is 2. The predicted molar refractivity (Wildman–Crippen MR) is 241 cm³/mol. The molecular formula is C49H62N4O14. The molecule has 1 aromatic heterocycles. The first-order chi connectivity index (χ1) is 31.8. The van der Waals surface area contributed by atoms with E-state index in [2.05, 4.69) is 52.9 Å². The molecule has 1 spiro atoms. The number of nitrogens with one attached hydrogen (secondary N) is 1. The summed E-state index contributed by atoms with van der Waals surface area (Å²) in [4.78, 5) is 72.8. The monoisotopic (exact) mass is 930 g/mol. The molecule has 1 aliphatic carbocycles. The van der Waals surface area contributed by atoms with E-state index in [4.69, 9.17) is 39.4 Å². The van der Waals surface area contributed by atoms with Gasteiger partial charge in [0.2, 0.25) is 5.60 Å². The SMILES string of the molecule is CCC1=CC2CN(C1)Cc1c([nH]c3ccccc13)[C@@](C(=O)OC)(c1cc3c(cc1OC)N(C)[C@@H]1C34CCN3CCC[C@](CC)([C@H]34)[C@@H](OC(C)=O)[C@]1(O)C(=O)OC)C2.O=C(O)[C@H](O)[C@@H](O)C(=O)O. The number of carboxylic acid groups (broad SMARTS) is 2. The number of ether oxygens (including phenoxy) is 4. The number of H-pyrrole nitrogens is 1. The van der Waals surface area contributed by atoms with Crippen molar-refractivity contribution in [2.75, 3.05) is 59.5 Å². The molecule has 9 rings (SSSR count). The highest BCUT2D eigenvalue weighted by Gasteiger charge is 2.81. The Balaban J connectivity index is 0.000000547. The lowest BCUT2D eigenvalue weighted by Gasteiger charge is -2.65. The van der Waals surface area contributed by atoms with Crippen molar-refractivity contribution >= 4 is 46.4 Å². The molecule has 362 valence electrons. The van der Waals surface area contributed by atoms with Crippen LogP contribution in [0.4, 0.5) is 5.69 Å². The molecule has 5 aliphatic heterocycles. The summed E-state index contributed by atoms with van der Waals surface area (Å²) < 4.78 is 24.0. The van der Waals surface area contributed by atoms with E-state index in [0.717, 1.165) is 72.4 Å². The Morgan fingerprint density at radius 2 is 1.58 bits per heavy atom. The third kappa shape index (κ3) is 6.95. The van der Waals surface area contributed by atoms with Gasteiger partial charge in [-0.1, -0.05) is 43.7 Å². The number of aromatic amines is 1. The Kier molecular flexibility index (Phi) is 12.5. The number of aliphatic hydroxyl groups excluding tert-OH is 2. The Hall–Kier alpha value is -5.53. The summed E-state index contributed by atoms with van der Waals surface area (Å²) in [5, 5.41) is 46.9. The largest absolute Gasteiger partial charge is 0.496 e. The highest BCUT2D eigenvalue weighted by atomic mass is 16.6. The summed E-state index contributed by atoms with van der Waals surface area (Å²) in [6, 6.07) is 11.3. The van der Waals surface area contributed by atoms with Gasteiger partial charge in [-0.2, -0.15) is 0 Å². The second-order valence-electron chi connectivity index (χ2n) is 19.1. The topological polar surface area (TPSA) is 249 Å². The average molecular weight is 931 g/mol. The van der Waals surface area contributed by atoms with Gasteiger partial charge in [0, 0.05) is 84.4 Å². The fourth-order valence-corrected chi connectivity index (χ4v) is 13.6. The summed E-state index contributed by atoms with van der Waals surface area (Å²) in [5.74, 6) is -4.75. The Morgan fingerprint density at radius 3 is 2.19 bits per heavy atom. The number of piperidine rings is 1. The van der Waals surface area contributed by atoms with E-state index < -0.39 is 70.1 Å². The van der Waals surface area contributed by atoms with E-state index in [9.17, 15) is 24.3 Å². The lowest BCUT2D eigenvalue weighted by molar-refractivity contribution is -0.242. The van der Waals surface area contributed by atoms with Gasteiger partial charge in [-0.05, 0) is 80.8 Å². The minimum atomic E-state index is -2.27. The molecule has 18 heteroatoms. The zero-order valence-electron chi connectivity index (χ0n) is 39.0. The smallest absolute Gasteiger partial charge is 0.344 e. The molecule has 18 nitrogen and oxygen atoms in total. The van der Waals surface area contributed by atoms with Crippen molar-refractivity contribution in [2.45, 2.75) is 113 Å². The van der Waals surface area contributed by atoms with Gasteiger partial charge in [-0.3, -0.25) is 19.4 Å². The molecule has 2 aromatic carbocycles. The Morgan fingerprint density at radius 1 is 0.896 bits per heavy atom. The van der Waals surface area contributed by atoms with Crippen molar-refractivity contribution in [2.24, 2.45) is 11.3 Å². The zero-order valence-corrected chi connectivity index (χ0v) is 39.0. The summed E-state index contributed by atoms with van der Waals surface area (Å²) in [7, 11) is 6.28. The number of fused-ring (bicyclic) bond motifs is 6. The van der Waals surface area contributed by atoms with Crippen molar-refractivity contribution in [3.8, 4) is 5.75 Å². The maximum atomic E-state index is 15.2. The number of hydrogen-bond acceptors (Lipinski definition) is 15. The van der Waals surface area contributed by atoms with Crippen LogP contribution in [0.1, 0.15) is 81.7 Å². The Labute approximate surface area is 388 Å². The van der Waals surface area contributed by atoms with Crippen LogP contribution in [0.3, 0.4) is 0 Å². The van der Waals surface area contributed by atoms with Gasteiger partial charge in [0.15, 0.2) is 18.3 Å². The number of para-hydroxylation sites is 1. The summed E-state index contributed by atoms with van der Waals surface area (Å²) in [5.41, 5.74) is 1.46. The van der Waals surface area contributed by atoms with Crippen molar-refractivity contribution < 1.29 is 68.5 Å². The van der Waals surface area contributed by atoms with Crippen molar-refractivity contribution in [1.29, 1.82) is 0 Å². The van der Waals surface area contributed by atoms with Crippen LogP contribution in [0, 0.1) is 11.3 Å². The molecular weight excluding hydrogens is 869 g/mol. The van der Waals surface area contributed by atoms with Crippen LogP contribution >= 0.6 is 0 Å². The lowest BCUT2D eigenvalue weighted by atomic mass is 9.46. The number of aromatic nitrogens is 1. The number of carbonyl (C=O) groups excluding carboxylic acids is 3. The fraction of sp³-hybridized carbons (Fsp3) is 0.571. The summed E-state index contributed by atoms with van der Waals surface area (Å²) in [6.45, 7) is 9.52. The molecule has 0 radical (unpaired) electrons. The molecule has 2 bridgehead atoms. The van der Waals surface area contributed by atoms with Gasteiger partial charge < -0.3 is 54.4 Å². The minimum absolute atomic E-state index is 0.0375. The molecule has 11 atom stereocenters. The first kappa shape index (κ1) is 47.9. The third-order valence-corrected chi connectivity index (χ3v) is 16.0. The quantitative estimate of drug-likeness (QED) is 0.0972. The van der Waals surface area contributed by atoms with Crippen LogP contribution in [-0.2, 0) is 55.6 Å². The number of aliphatic hydroxyl groups is 3. The van der Waals surface area contributed by atoms with Gasteiger partial charge in [-0.25, -0.2) is 14.4 Å². The third-order valence-electron chi connectivity index (χ3n) is 16.0. The summed E-state index contributed by atoms with van der Waals surface area (Å²) >= 11 is 0. The number of carboxylic acids is 2. The van der Waals surface area contributed by atoms with Gasteiger partial charge >= 0.3 is 29.8 Å². The van der Waals surface area contributed by atoms with E-state index in [0.29, 0.717) is 43.5 Å². The Bertz CT molecular complexity index is 2510. The number of esters is 3.